The number of carbonyl (C=O) groups excluding carboxylic acids is 2. The van der Waals surface area contributed by atoms with Crippen LogP contribution in [0.1, 0.15) is 13.3 Å². The molecule has 0 aliphatic carbocycles. The van der Waals surface area contributed by atoms with Crippen molar-refractivity contribution in [3.05, 3.63) is 48.5 Å². The van der Waals surface area contributed by atoms with E-state index in [4.69, 9.17) is 10.5 Å². The van der Waals surface area contributed by atoms with Gasteiger partial charge in [0, 0.05) is 17.0 Å². The maximum atomic E-state index is 12.7. The van der Waals surface area contributed by atoms with Crippen molar-refractivity contribution in [2.24, 2.45) is 0 Å². The molecule has 5 nitrogen and oxygen atoms in total. The lowest BCUT2D eigenvalue weighted by molar-refractivity contribution is -0.121. The molecular formula is C18H18N2O3S. The third-order valence-corrected chi connectivity index (χ3v) is 4.98. The minimum atomic E-state index is -0.450. The van der Waals surface area contributed by atoms with Crippen LogP contribution < -0.4 is 15.4 Å². The van der Waals surface area contributed by atoms with Crippen LogP contribution in [0.2, 0.25) is 0 Å². The third-order valence-electron chi connectivity index (χ3n) is 3.70. The number of thioether (sulfide) groups is 1. The Bertz CT molecular complexity index is 761. The average molecular weight is 342 g/mol. The molecule has 0 spiro atoms. The van der Waals surface area contributed by atoms with E-state index < -0.39 is 5.25 Å². The first-order valence-electron chi connectivity index (χ1n) is 7.71. The summed E-state index contributed by atoms with van der Waals surface area (Å²) in [6.45, 7) is 2.47. The fraction of sp³-hybridized carbons (Fsp3) is 0.222. The lowest BCUT2D eigenvalue weighted by Crippen LogP contribution is -2.31. The second-order valence-corrected chi connectivity index (χ2v) is 6.59. The summed E-state index contributed by atoms with van der Waals surface area (Å²) >= 11 is 1.34. The van der Waals surface area contributed by atoms with E-state index in [1.807, 2.05) is 25.1 Å². The van der Waals surface area contributed by atoms with Crippen LogP contribution in [-0.2, 0) is 9.59 Å². The molecular weight excluding hydrogens is 324 g/mol. The van der Waals surface area contributed by atoms with Crippen molar-refractivity contribution in [3.8, 4) is 5.75 Å². The molecule has 2 aromatic carbocycles. The second-order valence-electron chi connectivity index (χ2n) is 5.34. The van der Waals surface area contributed by atoms with Crippen molar-refractivity contribution < 1.29 is 14.3 Å². The number of hydrogen-bond acceptors (Lipinski definition) is 5. The summed E-state index contributed by atoms with van der Waals surface area (Å²) in [5.41, 5.74) is 7.11. The number of para-hydroxylation sites is 1. The molecule has 1 aliphatic heterocycles. The normalized spacial score (nSPS) is 17.4. The van der Waals surface area contributed by atoms with E-state index in [9.17, 15) is 9.59 Å². The number of amides is 2. The van der Waals surface area contributed by atoms with Crippen molar-refractivity contribution in [1.82, 2.24) is 0 Å². The van der Waals surface area contributed by atoms with Gasteiger partial charge in [-0.2, -0.15) is 0 Å². The van der Waals surface area contributed by atoms with Gasteiger partial charge in [0.15, 0.2) is 0 Å². The van der Waals surface area contributed by atoms with E-state index in [0.717, 1.165) is 4.90 Å². The molecule has 2 aromatic rings. The van der Waals surface area contributed by atoms with Gasteiger partial charge >= 0.3 is 0 Å². The fourth-order valence-electron chi connectivity index (χ4n) is 2.57. The second kappa shape index (κ2) is 6.97. The number of nitrogen functional groups attached to an aromatic ring is 1. The summed E-state index contributed by atoms with van der Waals surface area (Å²) in [6, 6.07) is 14.3. The number of nitrogens with zero attached hydrogens (tertiary/aromatic N) is 1. The first-order valence-corrected chi connectivity index (χ1v) is 8.59. The number of benzene rings is 2. The summed E-state index contributed by atoms with van der Waals surface area (Å²) in [5.74, 6) is 0.303. The zero-order chi connectivity index (χ0) is 17.1. The predicted molar refractivity (Wildman–Crippen MR) is 95.2 cm³/mol. The van der Waals surface area contributed by atoms with Crippen LogP contribution in [0.4, 0.5) is 11.4 Å². The molecule has 0 radical (unpaired) electrons. The van der Waals surface area contributed by atoms with Crippen molar-refractivity contribution in [2.45, 2.75) is 23.5 Å². The number of ether oxygens (including phenoxy) is 1. The zero-order valence-electron chi connectivity index (χ0n) is 13.3. The number of anilines is 2. The highest BCUT2D eigenvalue weighted by molar-refractivity contribution is 8.00. The summed E-state index contributed by atoms with van der Waals surface area (Å²) in [5, 5.41) is -0.450. The van der Waals surface area contributed by atoms with E-state index >= 15 is 0 Å². The van der Waals surface area contributed by atoms with Crippen molar-refractivity contribution in [2.75, 3.05) is 17.2 Å². The molecule has 24 heavy (non-hydrogen) atoms. The van der Waals surface area contributed by atoms with Crippen LogP contribution in [0.15, 0.2) is 53.4 Å². The van der Waals surface area contributed by atoms with E-state index in [1.165, 1.54) is 16.7 Å². The smallest absolute Gasteiger partial charge is 0.247 e. The summed E-state index contributed by atoms with van der Waals surface area (Å²) in [6.07, 6.45) is 0.172. The highest BCUT2D eigenvalue weighted by Crippen LogP contribution is 2.36. The van der Waals surface area contributed by atoms with Crippen molar-refractivity contribution in [3.63, 3.8) is 0 Å². The van der Waals surface area contributed by atoms with Crippen LogP contribution in [0.25, 0.3) is 0 Å². The Balaban J connectivity index is 1.77. The number of carbonyl (C=O) groups is 2. The fourth-order valence-corrected chi connectivity index (χ4v) is 3.67. The van der Waals surface area contributed by atoms with Crippen LogP contribution in [0.5, 0.6) is 5.75 Å². The lowest BCUT2D eigenvalue weighted by atomic mass is 10.3. The molecule has 0 unspecified atom stereocenters. The molecule has 6 heteroatoms. The van der Waals surface area contributed by atoms with Gasteiger partial charge in [-0.25, -0.2) is 4.90 Å². The molecule has 2 N–H and O–H groups in total. The third kappa shape index (κ3) is 3.23. The summed E-state index contributed by atoms with van der Waals surface area (Å²) < 4.78 is 5.38. The van der Waals surface area contributed by atoms with Gasteiger partial charge in [0.25, 0.3) is 0 Å². The van der Waals surface area contributed by atoms with Gasteiger partial charge in [0.2, 0.25) is 11.8 Å². The van der Waals surface area contributed by atoms with E-state index in [1.54, 1.807) is 30.3 Å². The Morgan fingerprint density at radius 1 is 1.17 bits per heavy atom. The van der Waals surface area contributed by atoms with Gasteiger partial charge in [-0.1, -0.05) is 12.1 Å². The first-order chi connectivity index (χ1) is 11.6. The zero-order valence-corrected chi connectivity index (χ0v) is 14.1. The number of imide groups is 1. The standard InChI is InChI=1S/C18H18N2O3S/c1-2-23-13-9-7-12(8-10-13)20-17(21)11-16(18(20)22)24-15-6-4-3-5-14(15)19/h3-10,16H,2,11,19H2,1H3/t16-/m1/s1. The number of nitrogens with two attached hydrogens (primary N) is 1. The molecule has 2 amide bonds. The number of hydrogen-bond donors (Lipinski definition) is 1. The van der Waals surface area contributed by atoms with Crippen LogP contribution in [0, 0.1) is 0 Å². The van der Waals surface area contributed by atoms with Gasteiger partial charge < -0.3 is 10.5 Å². The molecule has 1 atom stereocenters. The maximum absolute atomic E-state index is 12.7. The summed E-state index contributed by atoms with van der Waals surface area (Å²) in [7, 11) is 0. The Morgan fingerprint density at radius 3 is 2.54 bits per heavy atom. The highest BCUT2D eigenvalue weighted by Gasteiger charge is 2.40. The monoisotopic (exact) mass is 342 g/mol. The molecule has 0 saturated carbocycles. The van der Waals surface area contributed by atoms with Crippen LogP contribution in [0.3, 0.4) is 0 Å². The Hall–Kier alpha value is -2.47. The Kier molecular flexibility index (Phi) is 4.76. The predicted octanol–water partition coefficient (Wildman–Crippen LogP) is 3.09. The quantitative estimate of drug-likeness (QED) is 0.668. The van der Waals surface area contributed by atoms with Gasteiger partial charge in [-0.3, -0.25) is 9.59 Å². The molecule has 0 bridgehead atoms. The Labute approximate surface area is 144 Å². The first kappa shape index (κ1) is 16.4. The highest BCUT2D eigenvalue weighted by atomic mass is 32.2. The van der Waals surface area contributed by atoms with E-state index in [-0.39, 0.29) is 18.2 Å². The molecule has 1 heterocycles. The summed E-state index contributed by atoms with van der Waals surface area (Å²) in [4.78, 5) is 27.0. The Morgan fingerprint density at radius 2 is 1.88 bits per heavy atom. The van der Waals surface area contributed by atoms with Crippen molar-refractivity contribution in [1.29, 1.82) is 0 Å². The van der Waals surface area contributed by atoms with E-state index in [2.05, 4.69) is 0 Å². The van der Waals surface area contributed by atoms with Gasteiger partial charge in [-0.15, -0.1) is 11.8 Å². The lowest BCUT2D eigenvalue weighted by Gasteiger charge is -2.15. The minimum absolute atomic E-state index is 0.172. The molecule has 1 aliphatic rings. The van der Waals surface area contributed by atoms with Gasteiger partial charge in [0.05, 0.1) is 17.5 Å². The molecule has 1 fully saturated rings. The molecule has 1 saturated heterocycles. The average Bonchev–Trinajstić information content (AvgIpc) is 2.85. The number of rotatable bonds is 5. The minimum Gasteiger partial charge on any atom is -0.494 e. The van der Waals surface area contributed by atoms with E-state index in [0.29, 0.717) is 23.7 Å². The topological polar surface area (TPSA) is 72.6 Å². The van der Waals surface area contributed by atoms with Crippen molar-refractivity contribution >= 4 is 35.0 Å². The molecule has 0 aromatic heterocycles. The van der Waals surface area contributed by atoms with Crippen LogP contribution in [-0.4, -0.2) is 23.7 Å². The van der Waals surface area contributed by atoms with Crippen LogP contribution >= 0.6 is 11.8 Å². The maximum Gasteiger partial charge on any atom is 0.247 e. The van der Waals surface area contributed by atoms with Gasteiger partial charge in [0.1, 0.15) is 5.75 Å². The van der Waals surface area contributed by atoms with Gasteiger partial charge in [-0.05, 0) is 43.3 Å². The SMILES string of the molecule is CCOc1ccc(N2C(=O)C[C@@H](Sc3ccccc3N)C2=O)cc1. The molecule has 124 valence electrons. The largest absolute Gasteiger partial charge is 0.494 e. The molecule has 3 rings (SSSR count).